The van der Waals surface area contributed by atoms with Gasteiger partial charge >= 0.3 is 0 Å². The monoisotopic (exact) mass is 298 g/mol. The average molecular weight is 298 g/mol. The molecule has 116 valence electrons. The number of hydrogen-bond donors (Lipinski definition) is 1. The third kappa shape index (κ3) is 4.94. The molecule has 0 radical (unpaired) electrons. The molecule has 0 spiro atoms. The van der Waals surface area contributed by atoms with Crippen LogP contribution in [0.15, 0.2) is 40.8 Å². The van der Waals surface area contributed by atoms with Gasteiger partial charge < -0.3 is 14.5 Å². The first-order valence-corrected chi connectivity index (χ1v) is 7.57. The van der Waals surface area contributed by atoms with E-state index in [2.05, 4.69) is 24.4 Å². The quantitative estimate of drug-likeness (QED) is 0.745. The molecule has 0 saturated heterocycles. The Labute approximate surface area is 131 Å². The van der Waals surface area contributed by atoms with Crippen molar-refractivity contribution in [3.05, 3.63) is 53.5 Å². The van der Waals surface area contributed by atoms with Crippen LogP contribution in [0, 0.1) is 18.3 Å². The highest BCUT2D eigenvalue weighted by atomic mass is 16.5. The Morgan fingerprint density at radius 1 is 1.32 bits per heavy atom. The number of unbranched alkanes of at least 4 members (excludes halogenated alkanes) is 1. The average Bonchev–Trinajstić information content (AvgIpc) is 2.96. The summed E-state index contributed by atoms with van der Waals surface area (Å²) < 4.78 is 11.3. The number of aryl methyl sites for hydroxylation is 1. The molecule has 2 aromatic rings. The van der Waals surface area contributed by atoms with Crippen LogP contribution < -0.4 is 10.1 Å². The third-order valence-corrected chi connectivity index (χ3v) is 3.40. The molecule has 0 aliphatic heterocycles. The molecule has 0 fully saturated rings. The smallest absolute Gasteiger partial charge is 0.120 e. The van der Waals surface area contributed by atoms with E-state index in [4.69, 9.17) is 14.4 Å². The summed E-state index contributed by atoms with van der Waals surface area (Å²) in [5.74, 6) is 2.72. The van der Waals surface area contributed by atoms with Gasteiger partial charge in [-0.05, 0) is 50.1 Å². The fraction of sp³-hybridized carbons (Fsp3) is 0.389. The molecule has 0 amide bonds. The molecular formula is C18H22N2O2. The Balaban J connectivity index is 1.83. The van der Waals surface area contributed by atoms with E-state index in [0.29, 0.717) is 13.0 Å². The van der Waals surface area contributed by atoms with Crippen molar-refractivity contribution in [2.45, 2.75) is 39.3 Å². The summed E-state index contributed by atoms with van der Waals surface area (Å²) in [5, 5.41) is 11.9. The van der Waals surface area contributed by atoms with Crippen LogP contribution in [0.2, 0.25) is 0 Å². The van der Waals surface area contributed by atoms with Crippen LogP contribution in [-0.2, 0) is 6.54 Å². The lowest BCUT2D eigenvalue weighted by Crippen LogP contribution is -2.17. The standard InChI is InChI=1S/C18H22N2O2/c1-14-8-9-18(22-14)15(2)20-13-16-6-5-7-17(12-16)21-11-4-3-10-19/h5-9,12,15,20H,3-4,11,13H2,1-2H3. The molecule has 0 saturated carbocycles. The third-order valence-electron chi connectivity index (χ3n) is 3.40. The Morgan fingerprint density at radius 2 is 2.18 bits per heavy atom. The number of nitrogens with zero attached hydrogens (tertiary/aromatic N) is 1. The van der Waals surface area contributed by atoms with E-state index >= 15 is 0 Å². The number of nitriles is 1. The van der Waals surface area contributed by atoms with E-state index in [-0.39, 0.29) is 6.04 Å². The van der Waals surface area contributed by atoms with Gasteiger partial charge in [0, 0.05) is 13.0 Å². The molecule has 0 aliphatic rings. The van der Waals surface area contributed by atoms with Gasteiger partial charge in [-0.25, -0.2) is 0 Å². The van der Waals surface area contributed by atoms with Crippen molar-refractivity contribution in [3.8, 4) is 11.8 Å². The minimum atomic E-state index is 0.161. The van der Waals surface area contributed by atoms with Gasteiger partial charge in [-0.1, -0.05) is 12.1 Å². The van der Waals surface area contributed by atoms with Gasteiger partial charge in [-0.2, -0.15) is 5.26 Å². The van der Waals surface area contributed by atoms with Crippen LogP contribution >= 0.6 is 0 Å². The Hall–Kier alpha value is -2.25. The van der Waals surface area contributed by atoms with Crippen LogP contribution in [0.5, 0.6) is 5.75 Å². The number of ether oxygens (including phenoxy) is 1. The second-order valence-electron chi connectivity index (χ2n) is 5.31. The molecule has 4 heteroatoms. The molecule has 2 rings (SSSR count). The maximum atomic E-state index is 8.50. The second-order valence-corrected chi connectivity index (χ2v) is 5.31. The number of nitrogens with one attached hydrogen (secondary N) is 1. The van der Waals surface area contributed by atoms with Gasteiger partial charge in [-0.15, -0.1) is 0 Å². The van der Waals surface area contributed by atoms with E-state index in [1.807, 2.05) is 37.3 Å². The zero-order valence-electron chi connectivity index (χ0n) is 13.1. The Morgan fingerprint density at radius 3 is 2.91 bits per heavy atom. The molecule has 0 aliphatic carbocycles. The Kier molecular flexibility index (Phi) is 6.05. The molecule has 1 aromatic carbocycles. The van der Waals surface area contributed by atoms with E-state index in [0.717, 1.165) is 35.8 Å². The lowest BCUT2D eigenvalue weighted by atomic mass is 10.2. The fourth-order valence-electron chi connectivity index (χ4n) is 2.14. The molecule has 22 heavy (non-hydrogen) atoms. The highest BCUT2D eigenvalue weighted by Crippen LogP contribution is 2.18. The topological polar surface area (TPSA) is 58.2 Å². The van der Waals surface area contributed by atoms with Crippen molar-refractivity contribution in [1.82, 2.24) is 5.32 Å². The number of rotatable bonds is 8. The summed E-state index contributed by atoms with van der Waals surface area (Å²) in [6.45, 7) is 5.35. The van der Waals surface area contributed by atoms with Crippen molar-refractivity contribution in [2.75, 3.05) is 6.61 Å². The SMILES string of the molecule is Cc1ccc(C(C)NCc2cccc(OCCCC#N)c2)o1. The largest absolute Gasteiger partial charge is 0.494 e. The summed E-state index contributed by atoms with van der Waals surface area (Å²) in [7, 11) is 0. The number of hydrogen-bond acceptors (Lipinski definition) is 4. The van der Waals surface area contributed by atoms with Crippen LogP contribution in [0.1, 0.15) is 42.9 Å². The summed E-state index contributed by atoms with van der Waals surface area (Å²) in [4.78, 5) is 0. The van der Waals surface area contributed by atoms with Gasteiger partial charge in [0.05, 0.1) is 18.7 Å². The lowest BCUT2D eigenvalue weighted by molar-refractivity contribution is 0.312. The highest BCUT2D eigenvalue weighted by Gasteiger charge is 2.08. The molecule has 1 N–H and O–H groups in total. The molecular weight excluding hydrogens is 276 g/mol. The summed E-state index contributed by atoms with van der Waals surface area (Å²) in [6.07, 6.45) is 1.29. The zero-order valence-corrected chi connectivity index (χ0v) is 13.1. The van der Waals surface area contributed by atoms with Crippen molar-refractivity contribution < 1.29 is 9.15 Å². The summed E-state index contributed by atoms with van der Waals surface area (Å²) >= 11 is 0. The number of furan rings is 1. The number of benzene rings is 1. The minimum absolute atomic E-state index is 0.161. The minimum Gasteiger partial charge on any atom is -0.494 e. The van der Waals surface area contributed by atoms with Crippen LogP contribution in [0.25, 0.3) is 0 Å². The van der Waals surface area contributed by atoms with Crippen molar-refractivity contribution >= 4 is 0 Å². The molecule has 1 unspecified atom stereocenters. The van der Waals surface area contributed by atoms with Crippen LogP contribution in [0.3, 0.4) is 0 Å². The van der Waals surface area contributed by atoms with Crippen molar-refractivity contribution in [3.63, 3.8) is 0 Å². The Bertz CT molecular complexity index is 628. The summed E-state index contributed by atoms with van der Waals surface area (Å²) in [5.41, 5.74) is 1.16. The lowest BCUT2D eigenvalue weighted by Gasteiger charge is -2.12. The predicted octanol–water partition coefficient (Wildman–Crippen LogP) is 4.12. The van der Waals surface area contributed by atoms with Gasteiger partial charge in [-0.3, -0.25) is 0 Å². The first kappa shape index (κ1) is 16.1. The van der Waals surface area contributed by atoms with Crippen LogP contribution in [0.4, 0.5) is 0 Å². The molecule has 0 bridgehead atoms. The normalized spacial score (nSPS) is 11.9. The fourth-order valence-corrected chi connectivity index (χ4v) is 2.14. The summed E-state index contributed by atoms with van der Waals surface area (Å²) in [6, 6.07) is 14.3. The predicted molar refractivity (Wildman–Crippen MR) is 85.5 cm³/mol. The van der Waals surface area contributed by atoms with Gasteiger partial charge in [0.25, 0.3) is 0 Å². The second kappa shape index (κ2) is 8.26. The maximum absolute atomic E-state index is 8.50. The first-order chi connectivity index (χ1) is 10.7. The molecule has 1 aromatic heterocycles. The van der Waals surface area contributed by atoms with E-state index < -0.39 is 0 Å². The molecule has 1 atom stereocenters. The molecule has 4 nitrogen and oxygen atoms in total. The highest BCUT2D eigenvalue weighted by molar-refractivity contribution is 5.28. The zero-order chi connectivity index (χ0) is 15.8. The van der Waals surface area contributed by atoms with Crippen molar-refractivity contribution in [2.24, 2.45) is 0 Å². The van der Waals surface area contributed by atoms with Gasteiger partial charge in [0.15, 0.2) is 0 Å². The van der Waals surface area contributed by atoms with E-state index in [9.17, 15) is 0 Å². The van der Waals surface area contributed by atoms with Crippen LogP contribution in [-0.4, -0.2) is 6.61 Å². The van der Waals surface area contributed by atoms with Gasteiger partial charge in [0.1, 0.15) is 17.3 Å². The van der Waals surface area contributed by atoms with Crippen molar-refractivity contribution in [1.29, 1.82) is 5.26 Å². The van der Waals surface area contributed by atoms with E-state index in [1.54, 1.807) is 0 Å². The maximum Gasteiger partial charge on any atom is 0.120 e. The molecule has 1 heterocycles. The first-order valence-electron chi connectivity index (χ1n) is 7.57. The van der Waals surface area contributed by atoms with Gasteiger partial charge in [0.2, 0.25) is 0 Å². The van der Waals surface area contributed by atoms with E-state index in [1.165, 1.54) is 0 Å².